The van der Waals surface area contributed by atoms with Crippen LogP contribution in [0.4, 0.5) is 0 Å². The molecule has 0 aromatic heterocycles. The van der Waals surface area contributed by atoms with Gasteiger partial charge in [-0.3, -0.25) is 9.59 Å². The summed E-state index contributed by atoms with van der Waals surface area (Å²) in [4.78, 5) is 25.7. The van der Waals surface area contributed by atoms with Gasteiger partial charge < -0.3 is 16.0 Å². The molecule has 0 aromatic carbocycles. The molecule has 1 atom stereocenters. The van der Waals surface area contributed by atoms with Crippen molar-refractivity contribution in [3.63, 3.8) is 0 Å². The number of piperidine rings is 1. The SMILES string of the molecule is CCCNC(=O)C1CCN(C(=O)[C@@H](N)C(C)C)CC1. The Morgan fingerprint density at radius 3 is 2.37 bits per heavy atom. The first kappa shape index (κ1) is 16.0. The normalized spacial score (nSPS) is 18.5. The highest BCUT2D eigenvalue weighted by Gasteiger charge is 2.30. The molecule has 1 aliphatic heterocycles. The number of likely N-dealkylation sites (tertiary alicyclic amines) is 1. The maximum absolute atomic E-state index is 12.1. The molecule has 3 N–H and O–H groups in total. The van der Waals surface area contributed by atoms with Crippen LogP contribution >= 0.6 is 0 Å². The van der Waals surface area contributed by atoms with E-state index in [0.717, 1.165) is 25.8 Å². The van der Waals surface area contributed by atoms with Gasteiger partial charge in [-0.2, -0.15) is 0 Å². The van der Waals surface area contributed by atoms with Crippen LogP contribution in [0, 0.1) is 11.8 Å². The summed E-state index contributed by atoms with van der Waals surface area (Å²) in [5, 5.41) is 2.92. The third kappa shape index (κ3) is 4.49. The number of nitrogens with one attached hydrogen (secondary N) is 1. The summed E-state index contributed by atoms with van der Waals surface area (Å²) in [7, 11) is 0. The molecule has 0 radical (unpaired) electrons. The van der Waals surface area contributed by atoms with Crippen LogP contribution in [0.5, 0.6) is 0 Å². The molecule has 19 heavy (non-hydrogen) atoms. The highest BCUT2D eigenvalue weighted by molar-refractivity contribution is 5.83. The fraction of sp³-hybridized carbons (Fsp3) is 0.857. The Morgan fingerprint density at radius 2 is 1.89 bits per heavy atom. The lowest BCUT2D eigenvalue weighted by Crippen LogP contribution is -2.50. The quantitative estimate of drug-likeness (QED) is 0.773. The van der Waals surface area contributed by atoms with E-state index < -0.39 is 6.04 Å². The number of carbonyl (C=O) groups excluding carboxylic acids is 2. The highest BCUT2D eigenvalue weighted by atomic mass is 16.2. The fourth-order valence-electron chi connectivity index (χ4n) is 2.25. The number of nitrogens with two attached hydrogens (primary N) is 1. The van der Waals surface area contributed by atoms with Gasteiger partial charge in [0.1, 0.15) is 0 Å². The van der Waals surface area contributed by atoms with Gasteiger partial charge in [0, 0.05) is 25.6 Å². The largest absolute Gasteiger partial charge is 0.356 e. The van der Waals surface area contributed by atoms with Crippen LogP contribution < -0.4 is 11.1 Å². The standard InChI is InChI=1S/C14H27N3O2/c1-4-7-16-13(18)11-5-8-17(9-6-11)14(19)12(15)10(2)3/h10-12H,4-9,15H2,1-3H3,(H,16,18)/t12-/m0/s1. The van der Waals surface area contributed by atoms with E-state index in [1.54, 1.807) is 4.90 Å². The molecule has 5 heteroatoms. The second-order valence-electron chi connectivity index (χ2n) is 5.66. The van der Waals surface area contributed by atoms with Crippen molar-refractivity contribution >= 4 is 11.8 Å². The van der Waals surface area contributed by atoms with Crippen LogP contribution in [0.2, 0.25) is 0 Å². The average Bonchev–Trinajstić information content (AvgIpc) is 2.43. The molecule has 1 aliphatic rings. The molecule has 0 unspecified atom stereocenters. The van der Waals surface area contributed by atoms with Gasteiger partial charge in [-0.1, -0.05) is 20.8 Å². The van der Waals surface area contributed by atoms with E-state index in [1.807, 2.05) is 20.8 Å². The Labute approximate surface area is 115 Å². The van der Waals surface area contributed by atoms with Gasteiger partial charge in [0.05, 0.1) is 6.04 Å². The van der Waals surface area contributed by atoms with Gasteiger partial charge in [0.25, 0.3) is 0 Å². The molecule has 1 rings (SSSR count). The van der Waals surface area contributed by atoms with E-state index in [0.29, 0.717) is 13.1 Å². The monoisotopic (exact) mass is 269 g/mol. The molecule has 110 valence electrons. The summed E-state index contributed by atoms with van der Waals surface area (Å²) in [5.74, 6) is 0.341. The summed E-state index contributed by atoms with van der Waals surface area (Å²) in [6.07, 6.45) is 2.44. The Morgan fingerprint density at radius 1 is 1.32 bits per heavy atom. The number of hydrogen-bond donors (Lipinski definition) is 2. The molecule has 1 fully saturated rings. The molecule has 5 nitrogen and oxygen atoms in total. The second-order valence-corrected chi connectivity index (χ2v) is 5.66. The Hall–Kier alpha value is -1.10. The molecule has 0 aliphatic carbocycles. The second kappa shape index (κ2) is 7.48. The summed E-state index contributed by atoms with van der Waals surface area (Å²) in [6, 6.07) is -0.425. The van der Waals surface area contributed by atoms with Gasteiger partial charge in [-0.25, -0.2) is 0 Å². The third-order valence-corrected chi connectivity index (χ3v) is 3.73. The van der Waals surface area contributed by atoms with Crippen LogP contribution in [-0.2, 0) is 9.59 Å². The first-order valence-corrected chi connectivity index (χ1v) is 7.29. The molecule has 0 aromatic rings. The molecular formula is C14H27N3O2. The van der Waals surface area contributed by atoms with E-state index in [-0.39, 0.29) is 23.7 Å². The van der Waals surface area contributed by atoms with Gasteiger partial charge in [0.2, 0.25) is 11.8 Å². The molecule has 0 saturated carbocycles. The van der Waals surface area contributed by atoms with Crippen molar-refractivity contribution in [3.05, 3.63) is 0 Å². The van der Waals surface area contributed by atoms with Crippen LogP contribution in [0.1, 0.15) is 40.0 Å². The summed E-state index contributed by atoms with van der Waals surface area (Å²) >= 11 is 0. The Bertz CT molecular complexity index is 310. The van der Waals surface area contributed by atoms with Crippen LogP contribution in [0.15, 0.2) is 0 Å². The van der Waals surface area contributed by atoms with Crippen molar-refractivity contribution in [2.24, 2.45) is 17.6 Å². The predicted molar refractivity (Wildman–Crippen MR) is 75.4 cm³/mol. The van der Waals surface area contributed by atoms with Crippen molar-refractivity contribution < 1.29 is 9.59 Å². The minimum Gasteiger partial charge on any atom is -0.356 e. The van der Waals surface area contributed by atoms with E-state index in [2.05, 4.69) is 5.32 Å². The van der Waals surface area contributed by atoms with E-state index in [4.69, 9.17) is 5.73 Å². The van der Waals surface area contributed by atoms with Crippen molar-refractivity contribution in [2.45, 2.75) is 46.1 Å². The molecular weight excluding hydrogens is 242 g/mol. The average molecular weight is 269 g/mol. The summed E-state index contributed by atoms with van der Waals surface area (Å²) in [5.41, 5.74) is 5.88. The zero-order chi connectivity index (χ0) is 14.4. The zero-order valence-corrected chi connectivity index (χ0v) is 12.3. The lowest BCUT2D eigenvalue weighted by molar-refractivity contribution is -0.137. The number of nitrogens with zero attached hydrogens (tertiary/aromatic N) is 1. The fourth-order valence-corrected chi connectivity index (χ4v) is 2.25. The first-order chi connectivity index (χ1) is 8.97. The van der Waals surface area contributed by atoms with Crippen LogP contribution in [-0.4, -0.2) is 42.4 Å². The predicted octanol–water partition coefficient (Wildman–Crippen LogP) is 0.735. The third-order valence-electron chi connectivity index (χ3n) is 3.73. The van der Waals surface area contributed by atoms with Crippen molar-refractivity contribution in [1.29, 1.82) is 0 Å². The summed E-state index contributed by atoms with van der Waals surface area (Å²) in [6.45, 7) is 7.96. The first-order valence-electron chi connectivity index (χ1n) is 7.29. The van der Waals surface area contributed by atoms with Crippen LogP contribution in [0.25, 0.3) is 0 Å². The molecule has 1 saturated heterocycles. The van der Waals surface area contributed by atoms with Gasteiger partial charge in [-0.15, -0.1) is 0 Å². The molecule has 0 spiro atoms. The number of carbonyl (C=O) groups is 2. The number of rotatable bonds is 5. The maximum Gasteiger partial charge on any atom is 0.239 e. The topological polar surface area (TPSA) is 75.4 Å². The molecule has 1 heterocycles. The van der Waals surface area contributed by atoms with Crippen molar-refractivity contribution in [1.82, 2.24) is 10.2 Å². The van der Waals surface area contributed by atoms with E-state index >= 15 is 0 Å². The minimum atomic E-state index is -0.425. The lowest BCUT2D eigenvalue weighted by Gasteiger charge is -2.33. The highest BCUT2D eigenvalue weighted by Crippen LogP contribution is 2.18. The maximum atomic E-state index is 12.1. The van der Waals surface area contributed by atoms with Gasteiger partial charge in [-0.05, 0) is 25.2 Å². The lowest BCUT2D eigenvalue weighted by atomic mass is 9.94. The van der Waals surface area contributed by atoms with Gasteiger partial charge in [0.15, 0.2) is 0 Å². The van der Waals surface area contributed by atoms with Crippen LogP contribution in [0.3, 0.4) is 0 Å². The number of amides is 2. The van der Waals surface area contributed by atoms with Crippen molar-refractivity contribution in [2.75, 3.05) is 19.6 Å². The molecule has 2 amide bonds. The zero-order valence-electron chi connectivity index (χ0n) is 12.3. The van der Waals surface area contributed by atoms with E-state index in [9.17, 15) is 9.59 Å². The minimum absolute atomic E-state index is 0.0161. The smallest absolute Gasteiger partial charge is 0.239 e. The van der Waals surface area contributed by atoms with Gasteiger partial charge >= 0.3 is 0 Å². The number of hydrogen-bond acceptors (Lipinski definition) is 3. The van der Waals surface area contributed by atoms with E-state index in [1.165, 1.54) is 0 Å². The van der Waals surface area contributed by atoms with Crippen molar-refractivity contribution in [3.8, 4) is 0 Å². The Balaban J connectivity index is 2.40. The Kier molecular flexibility index (Phi) is 6.28. The molecule has 0 bridgehead atoms. The summed E-state index contributed by atoms with van der Waals surface area (Å²) < 4.78 is 0.